The van der Waals surface area contributed by atoms with Crippen LogP contribution in [0, 0.1) is 17.0 Å². The number of nitro groups is 1. The minimum Gasteiger partial charge on any atom is -0.355 e. The van der Waals surface area contributed by atoms with Gasteiger partial charge in [0, 0.05) is 24.8 Å². The number of nitrogens with zero attached hydrogens (tertiary/aromatic N) is 3. The molecule has 0 aliphatic carbocycles. The molecule has 0 spiro atoms. The van der Waals surface area contributed by atoms with Crippen LogP contribution in [0.2, 0.25) is 0 Å². The topological polar surface area (TPSA) is 88.4 Å². The number of hydrogen-bond donors (Lipinski definition) is 1. The van der Waals surface area contributed by atoms with Gasteiger partial charge in [-0.25, -0.2) is 4.98 Å². The predicted molar refractivity (Wildman–Crippen MR) is 72.0 cm³/mol. The fourth-order valence-electron chi connectivity index (χ4n) is 1.67. The van der Waals surface area contributed by atoms with Gasteiger partial charge in [0.15, 0.2) is 0 Å². The number of carbonyl (C=O) groups is 1. The number of likely N-dealkylation sites (N-methyl/N-ethyl adjacent to an activating group) is 1. The molecular weight excluding hydrogens is 248 g/mol. The number of aromatic nitrogens is 1. The molecule has 1 heterocycles. The maximum absolute atomic E-state index is 11.8. The fourth-order valence-corrected chi connectivity index (χ4v) is 1.67. The van der Waals surface area contributed by atoms with Gasteiger partial charge in [-0.05, 0) is 26.8 Å². The molecule has 1 amide bonds. The van der Waals surface area contributed by atoms with Crippen molar-refractivity contribution in [2.45, 2.75) is 20.8 Å². The summed E-state index contributed by atoms with van der Waals surface area (Å²) in [7, 11) is 0. The molecule has 7 heteroatoms. The third-order valence-corrected chi connectivity index (χ3v) is 2.73. The van der Waals surface area contributed by atoms with Crippen LogP contribution in [0.25, 0.3) is 0 Å². The number of anilines is 1. The van der Waals surface area contributed by atoms with Crippen molar-refractivity contribution < 1.29 is 9.72 Å². The number of carbonyl (C=O) groups excluding carboxylic acids is 1. The Morgan fingerprint density at radius 2 is 2.05 bits per heavy atom. The van der Waals surface area contributed by atoms with Crippen LogP contribution in [0.4, 0.5) is 11.5 Å². The van der Waals surface area contributed by atoms with Gasteiger partial charge in [-0.2, -0.15) is 0 Å². The molecule has 0 bridgehead atoms. The average Bonchev–Trinajstić information content (AvgIpc) is 2.37. The molecule has 0 unspecified atom stereocenters. The van der Waals surface area contributed by atoms with Gasteiger partial charge >= 0.3 is 5.69 Å². The number of hydrogen-bond acceptors (Lipinski definition) is 5. The lowest BCUT2D eigenvalue weighted by Gasteiger charge is -2.18. The van der Waals surface area contributed by atoms with E-state index in [1.807, 2.05) is 13.8 Å². The summed E-state index contributed by atoms with van der Waals surface area (Å²) in [6.45, 7) is 6.73. The third-order valence-electron chi connectivity index (χ3n) is 2.73. The second-order valence-electron chi connectivity index (χ2n) is 4.00. The molecule has 19 heavy (non-hydrogen) atoms. The van der Waals surface area contributed by atoms with Gasteiger partial charge < -0.3 is 10.2 Å². The van der Waals surface area contributed by atoms with Crippen molar-refractivity contribution in [3.63, 3.8) is 0 Å². The van der Waals surface area contributed by atoms with Crippen molar-refractivity contribution >= 4 is 17.4 Å². The monoisotopic (exact) mass is 266 g/mol. The van der Waals surface area contributed by atoms with Crippen molar-refractivity contribution in [2.75, 3.05) is 25.0 Å². The Balaban J connectivity index is 2.79. The van der Waals surface area contributed by atoms with Crippen molar-refractivity contribution in [1.29, 1.82) is 0 Å². The summed E-state index contributed by atoms with van der Waals surface area (Å²) in [6, 6.07) is 2.95. The van der Waals surface area contributed by atoms with Crippen LogP contribution in [0.5, 0.6) is 0 Å². The summed E-state index contributed by atoms with van der Waals surface area (Å²) in [6.07, 6.45) is 0. The van der Waals surface area contributed by atoms with Crippen LogP contribution in [0.15, 0.2) is 12.1 Å². The minimum atomic E-state index is -0.517. The number of rotatable bonds is 6. The SMILES string of the molecule is CCN(CC)C(=O)CNc1nc(C)ccc1[N+](=O)[O-]. The highest BCUT2D eigenvalue weighted by atomic mass is 16.6. The number of amides is 1. The zero-order chi connectivity index (χ0) is 14.4. The zero-order valence-corrected chi connectivity index (χ0v) is 11.3. The molecular formula is C12H18N4O3. The molecule has 0 saturated carbocycles. The first-order chi connectivity index (χ1) is 8.99. The Kier molecular flexibility index (Phi) is 5.23. The molecule has 0 atom stereocenters. The van der Waals surface area contributed by atoms with Crippen LogP contribution in [-0.4, -0.2) is 40.3 Å². The van der Waals surface area contributed by atoms with E-state index >= 15 is 0 Å². The lowest BCUT2D eigenvalue weighted by molar-refractivity contribution is -0.384. The van der Waals surface area contributed by atoms with Crippen molar-refractivity contribution in [1.82, 2.24) is 9.88 Å². The maximum Gasteiger partial charge on any atom is 0.311 e. The zero-order valence-electron chi connectivity index (χ0n) is 11.3. The molecule has 1 aromatic rings. The van der Waals surface area contributed by atoms with Crippen LogP contribution < -0.4 is 5.32 Å². The Morgan fingerprint density at radius 1 is 1.42 bits per heavy atom. The first-order valence-electron chi connectivity index (χ1n) is 6.13. The van der Waals surface area contributed by atoms with Gasteiger partial charge in [0.25, 0.3) is 0 Å². The average molecular weight is 266 g/mol. The smallest absolute Gasteiger partial charge is 0.311 e. The first kappa shape index (κ1) is 14.9. The Labute approximate surface area is 111 Å². The predicted octanol–water partition coefficient (Wildman–Crippen LogP) is 1.58. The van der Waals surface area contributed by atoms with Gasteiger partial charge in [-0.15, -0.1) is 0 Å². The molecule has 1 rings (SSSR count). The van der Waals surface area contributed by atoms with E-state index in [4.69, 9.17) is 0 Å². The van der Waals surface area contributed by atoms with E-state index in [0.717, 1.165) is 0 Å². The van der Waals surface area contributed by atoms with E-state index in [2.05, 4.69) is 10.3 Å². The highest BCUT2D eigenvalue weighted by Gasteiger charge is 2.17. The number of nitrogens with one attached hydrogen (secondary N) is 1. The maximum atomic E-state index is 11.8. The highest BCUT2D eigenvalue weighted by Crippen LogP contribution is 2.21. The number of pyridine rings is 1. The summed E-state index contributed by atoms with van der Waals surface area (Å²) in [5.74, 6) is 0.0214. The van der Waals surface area contributed by atoms with E-state index in [0.29, 0.717) is 18.8 Å². The van der Waals surface area contributed by atoms with Crippen LogP contribution >= 0.6 is 0 Å². The Hall–Kier alpha value is -2.18. The molecule has 0 aliphatic heterocycles. The van der Waals surface area contributed by atoms with Gasteiger partial charge in [-0.1, -0.05) is 0 Å². The molecule has 0 aromatic carbocycles. The van der Waals surface area contributed by atoms with Gasteiger partial charge in [0.1, 0.15) is 0 Å². The summed E-state index contributed by atoms with van der Waals surface area (Å²) in [4.78, 5) is 27.8. The molecule has 1 aromatic heterocycles. The summed E-state index contributed by atoms with van der Waals surface area (Å²) in [5, 5.41) is 13.6. The summed E-state index contributed by atoms with van der Waals surface area (Å²) < 4.78 is 0. The lowest BCUT2D eigenvalue weighted by atomic mass is 10.3. The van der Waals surface area contributed by atoms with Gasteiger partial charge in [0.2, 0.25) is 11.7 Å². The first-order valence-corrected chi connectivity index (χ1v) is 6.13. The van der Waals surface area contributed by atoms with Gasteiger partial charge in [-0.3, -0.25) is 14.9 Å². The van der Waals surface area contributed by atoms with Crippen molar-refractivity contribution in [3.05, 3.63) is 27.9 Å². The molecule has 1 N–H and O–H groups in total. The molecule has 0 fully saturated rings. The van der Waals surface area contributed by atoms with E-state index in [9.17, 15) is 14.9 Å². The van der Waals surface area contributed by atoms with E-state index in [1.54, 1.807) is 17.9 Å². The molecule has 0 aliphatic rings. The molecule has 7 nitrogen and oxygen atoms in total. The van der Waals surface area contributed by atoms with E-state index < -0.39 is 4.92 Å². The van der Waals surface area contributed by atoms with Crippen LogP contribution in [0.3, 0.4) is 0 Å². The second kappa shape index (κ2) is 6.67. The second-order valence-corrected chi connectivity index (χ2v) is 4.00. The van der Waals surface area contributed by atoms with Gasteiger partial charge in [0.05, 0.1) is 11.5 Å². The molecule has 0 saturated heterocycles. The van der Waals surface area contributed by atoms with Crippen LogP contribution in [0.1, 0.15) is 19.5 Å². The molecule has 104 valence electrons. The largest absolute Gasteiger partial charge is 0.355 e. The summed E-state index contributed by atoms with van der Waals surface area (Å²) in [5.41, 5.74) is 0.529. The fraction of sp³-hybridized carbons (Fsp3) is 0.500. The molecule has 0 radical (unpaired) electrons. The lowest BCUT2D eigenvalue weighted by Crippen LogP contribution is -2.35. The third kappa shape index (κ3) is 3.90. The van der Waals surface area contributed by atoms with E-state index in [-0.39, 0.29) is 24.0 Å². The summed E-state index contributed by atoms with van der Waals surface area (Å²) >= 11 is 0. The van der Waals surface area contributed by atoms with E-state index in [1.165, 1.54) is 6.07 Å². The highest BCUT2D eigenvalue weighted by molar-refractivity contribution is 5.81. The van der Waals surface area contributed by atoms with Crippen LogP contribution in [-0.2, 0) is 4.79 Å². The standard InChI is InChI=1S/C12H18N4O3/c1-4-15(5-2)11(17)8-13-12-10(16(18)19)7-6-9(3)14-12/h6-7H,4-5,8H2,1-3H3,(H,13,14). The number of aryl methyl sites for hydroxylation is 1. The Bertz CT molecular complexity index is 472. The quantitative estimate of drug-likeness (QED) is 0.623. The van der Waals surface area contributed by atoms with Crippen molar-refractivity contribution in [2.24, 2.45) is 0 Å². The Morgan fingerprint density at radius 3 is 2.58 bits per heavy atom. The minimum absolute atomic E-state index is 0.00102. The normalized spacial score (nSPS) is 10.1. The van der Waals surface area contributed by atoms with Crippen molar-refractivity contribution in [3.8, 4) is 0 Å².